The molecule has 1 amide bonds. The molecule has 0 atom stereocenters. The first-order chi connectivity index (χ1) is 11.9. The molecule has 0 heterocycles. The monoisotopic (exact) mass is 351 g/mol. The molecule has 0 bridgehead atoms. The molecule has 25 heavy (non-hydrogen) atoms. The molecule has 1 aromatic carbocycles. The van der Waals surface area contributed by atoms with Crippen molar-refractivity contribution in [3.05, 3.63) is 41.7 Å². The first-order valence-corrected chi connectivity index (χ1v) is 8.00. The van der Waals surface area contributed by atoms with E-state index >= 15 is 0 Å². The van der Waals surface area contributed by atoms with Crippen molar-refractivity contribution in [2.24, 2.45) is 0 Å². The number of rotatable bonds is 9. The molecule has 0 aromatic heterocycles. The summed E-state index contributed by atoms with van der Waals surface area (Å²) < 4.78 is 23.1. The lowest BCUT2D eigenvalue weighted by molar-refractivity contribution is -0.142. The number of halogens is 1. The van der Waals surface area contributed by atoms with Crippen LogP contribution in [0.5, 0.6) is 5.75 Å². The van der Waals surface area contributed by atoms with Gasteiger partial charge in [0.05, 0.1) is 18.6 Å². The third-order valence-electron chi connectivity index (χ3n) is 3.00. The molecule has 1 rings (SSSR count). The molecule has 0 unspecified atom stereocenters. The van der Waals surface area contributed by atoms with E-state index in [-0.39, 0.29) is 36.9 Å². The fourth-order valence-electron chi connectivity index (χ4n) is 1.88. The molecule has 7 heteroatoms. The van der Waals surface area contributed by atoms with Crippen LogP contribution in [0, 0.1) is 5.82 Å². The van der Waals surface area contributed by atoms with Crippen LogP contribution in [-0.2, 0) is 14.3 Å². The van der Waals surface area contributed by atoms with Crippen molar-refractivity contribution in [3.8, 4) is 5.75 Å². The highest BCUT2D eigenvalue weighted by molar-refractivity contribution is 5.97. The predicted molar refractivity (Wildman–Crippen MR) is 89.7 cm³/mol. The first-order valence-electron chi connectivity index (χ1n) is 8.00. The molecule has 0 aliphatic rings. The summed E-state index contributed by atoms with van der Waals surface area (Å²) in [6.07, 6.45) is 5.14. The predicted octanol–water partition coefficient (Wildman–Crippen LogP) is 2.77. The van der Waals surface area contributed by atoms with Crippen molar-refractivity contribution < 1.29 is 28.2 Å². The van der Waals surface area contributed by atoms with E-state index in [0.717, 1.165) is 25.5 Å². The molecule has 0 radical (unpaired) electrons. The zero-order chi connectivity index (χ0) is 18.7. The van der Waals surface area contributed by atoms with Crippen molar-refractivity contribution in [3.63, 3.8) is 0 Å². The van der Waals surface area contributed by atoms with Gasteiger partial charge in [-0.2, -0.15) is 0 Å². The molecule has 0 saturated carbocycles. The van der Waals surface area contributed by atoms with Crippen LogP contribution in [0.25, 0.3) is 0 Å². The van der Waals surface area contributed by atoms with E-state index in [1.165, 1.54) is 6.07 Å². The average molecular weight is 351 g/mol. The number of amides is 1. The van der Waals surface area contributed by atoms with E-state index in [2.05, 4.69) is 5.32 Å². The second-order valence-electron chi connectivity index (χ2n) is 5.15. The number of benzene rings is 1. The summed E-state index contributed by atoms with van der Waals surface area (Å²) in [5.74, 6) is -2.24. The third kappa shape index (κ3) is 8.10. The lowest BCUT2D eigenvalue weighted by Crippen LogP contribution is -2.26. The van der Waals surface area contributed by atoms with E-state index in [9.17, 15) is 18.8 Å². The highest BCUT2D eigenvalue weighted by Gasteiger charge is 2.14. The summed E-state index contributed by atoms with van der Waals surface area (Å²) in [6, 6.07) is 3.32. The Bertz CT molecular complexity index is 642. The summed E-state index contributed by atoms with van der Waals surface area (Å²) in [7, 11) is 0. The van der Waals surface area contributed by atoms with Crippen LogP contribution >= 0.6 is 0 Å². The summed E-state index contributed by atoms with van der Waals surface area (Å²) >= 11 is 0. The van der Waals surface area contributed by atoms with Gasteiger partial charge in [0.15, 0.2) is 0 Å². The fourth-order valence-corrected chi connectivity index (χ4v) is 1.88. The number of hydrogen-bond acceptors (Lipinski definition) is 5. The second-order valence-corrected chi connectivity index (χ2v) is 5.15. The SMILES string of the molecule is CC/C=C\CC(=O)OCCCNC(=O)c1ccc(F)cc1OC(C)=O. The first kappa shape index (κ1) is 20.3. The minimum Gasteiger partial charge on any atom is -0.465 e. The number of carbonyl (C=O) groups is 3. The molecule has 0 aliphatic heterocycles. The van der Waals surface area contributed by atoms with E-state index < -0.39 is 17.7 Å². The Morgan fingerprint density at radius 1 is 1.24 bits per heavy atom. The van der Waals surface area contributed by atoms with Crippen molar-refractivity contribution in [1.29, 1.82) is 0 Å². The molecule has 6 nitrogen and oxygen atoms in total. The maximum absolute atomic E-state index is 13.2. The Kier molecular flexibility index (Phi) is 8.92. The Balaban J connectivity index is 2.41. The van der Waals surface area contributed by atoms with Gasteiger partial charge in [-0.15, -0.1) is 0 Å². The smallest absolute Gasteiger partial charge is 0.309 e. The van der Waals surface area contributed by atoms with Crippen LogP contribution in [0.15, 0.2) is 30.4 Å². The Morgan fingerprint density at radius 3 is 2.68 bits per heavy atom. The molecule has 0 spiro atoms. The Labute approximate surface area is 146 Å². The molecule has 0 fully saturated rings. The van der Waals surface area contributed by atoms with Gasteiger partial charge in [-0.05, 0) is 25.0 Å². The highest BCUT2D eigenvalue weighted by atomic mass is 19.1. The summed E-state index contributed by atoms with van der Waals surface area (Å²) in [5, 5.41) is 2.60. The van der Waals surface area contributed by atoms with Crippen LogP contribution in [0.1, 0.15) is 43.5 Å². The normalized spacial score (nSPS) is 10.5. The third-order valence-corrected chi connectivity index (χ3v) is 3.00. The summed E-state index contributed by atoms with van der Waals surface area (Å²) in [6.45, 7) is 3.57. The molecule has 136 valence electrons. The molecular formula is C18H22FNO5. The Morgan fingerprint density at radius 2 is 2.00 bits per heavy atom. The van der Waals surface area contributed by atoms with E-state index in [4.69, 9.17) is 9.47 Å². The maximum atomic E-state index is 13.2. The molecule has 0 saturated heterocycles. The second kappa shape index (κ2) is 11.0. The molecule has 0 aliphatic carbocycles. The van der Waals surface area contributed by atoms with Gasteiger partial charge < -0.3 is 14.8 Å². The topological polar surface area (TPSA) is 81.7 Å². The van der Waals surface area contributed by atoms with E-state index in [1.807, 2.05) is 13.0 Å². The molecular weight excluding hydrogens is 329 g/mol. The zero-order valence-electron chi connectivity index (χ0n) is 14.3. The van der Waals surface area contributed by atoms with Crippen LogP contribution in [0.2, 0.25) is 0 Å². The number of hydrogen-bond donors (Lipinski definition) is 1. The standard InChI is InChI=1S/C18H22FNO5/c1-3-4-5-7-17(22)24-11-6-10-20-18(23)15-9-8-14(19)12-16(15)25-13(2)21/h4-5,8-9,12H,3,6-7,10-11H2,1-2H3,(H,20,23)/b5-4-. The van der Waals surface area contributed by atoms with E-state index in [1.54, 1.807) is 6.08 Å². The van der Waals surface area contributed by atoms with Gasteiger partial charge in [-0.25, -0.2) is 4.39 Å². The fraction of sp³-hybridized carbons (Fsp3) is 0.389. The van der Waals surface area contributed by atoms with Gasteiger partial charge >= 0.3 is 11.9 Å². The largest absolute Gasteiger partial charge is 0.465 e. The number of allylic oxidation sites excluding steroid dienone is 1. The number of carbonyl (C=O) groups excluding carboxylic acids is 3. The van der Waals surface area contributed by atoms with Crippen molar-refractivity contribution in [2.45, 2.75) is 33.1 Å². The number of esters is 2. The number of nitrogens with one attached hydrogen (secondary N) is 1. The minimum atomic E-state index is -0.649. The van der Waals surface area contributed by atoms with E-state index in [0.29, 0.717) is 6.42 Å². The van der Waals surface area contributed by atoms with Crippen LogP contribution < -0.4 is 10.1 Å². The zero-order valence-corrected chi connectivity index (χ0v) is 14.3. The Hall–Kier alpha value is -2.70. The lowest BCUT2D eigenvalue weighted by Gasteiger charge is -2.10. The summed E-state index contributed by atoms with van der Waals surface area (Å²) in [5.41, 5.74) is 0.0540. The molecule has 1 aromatic rings. The van der Waals surface area contributed by atoms with Crippen LogP contribution in [0.4, 0.5) is 4.39 Å². The van der Waals surface area contributed by atoms with Crippen molar-refractivity contribution >= 4 is 17.8 Å². The van der Waals surface area contributed by atoms with Gasteiger partial charge in [-0.1, -0.05) is 19.1 Å². The van der Waals surface area contributed by atoms with Gasteiger partial charge in [0.1, 0.15) is 11.6 Å². The molecule has 1 N–H and O–H groups in total. The lowest BCUT2D eigenvalue weighted by atomic mass is 10.2. The summed E-state index contributed by atoms with van der Waals surface area (Å²) in [4.78, 5) is 34.5. The van der Waals surface area contributed by atoms with Crippen molar-refractivity contribution in [2.75, 3.05) is 13.2 Å². The van der Waals surface area contributed by atoms with Gasteiger partial charge in [-0.3, -0.25) is 14.4 Å². The number of ether oxygens (including phenoxy) is 2. The minimum absolute atomic E-state index is 0.0540. The van der Waals surface area contributed by atoms with Gasteiger partial charge in [0.25, 0.3) is 5.91 Å². The maximum Gasteiger partial charge on any atom is 0.309 e. The van der Waals surface area contributed by atoms with Gasteiger partial charge in [0, 0.05) is 19.5 Å². The quantitative estimate of drug-likeness (QED) is 0.320. The van der Waals surface area contributed by atoms with Crippen LogP contribution in [0.3, 0.4) is 0 Å². The average Bonchev–Trinajstić information content (AvgIpc) is 2.54. The highest BCUT2D eigenvalue weighted by Crippen LogP contribution is 2.20. The van der Waals surface area contributed by atoms with Crippen molar-refractivity contribution in [1.82, 2.24) is 5.32 Å². The van der Waals surface area contributed by atoms with Crippen LogP contribution in [-0.4, -0.2) is 31.0 Å². The van der Waals surface area contributed by atoms with Gasteiger partial charge in [0.2, 0.25) is 0 Å².